The zero-order valence-corrected chi connectivity index (χ0v) is 11.0. The Morgan fingerprint density at radius 1 is 1.44 bits per heavy atom. The van der Waals surface area contributed by atoms with Crippen molar-refractivity contribution in [1.82, 2.24) is 4.98 Å². The van der Waals surface area contributed by atoms with Crippen LogP contribution in [-0.2, 0) is 0 Å². The smallest absolute Gasteiger partial charge is 0.231 e. The lowest BCUT2D eigenvalue weighted by molar-refractivity contribution is 0.102. The topological polar surface area (TPSA) is 48.4 Å². The Bertz CT molecular complexity index is 638. The molecule has 1 aliphatic heterocycles. The molecule has 2 heterocycles. The minimum absolute atomic E-state index is 0.00518. The van der Waals surface area contributed by atoms with E-state index in [4.69, 9.17) is 21.1 Å². The monoisotopic (exact) mass is 281 g/mol. The van der Waals surface area contributed by atoms with E-state index in [0.29, 0.717) is 21.4 Å². The summed E-state index contributed by atoms with van der Waals surface area (Å²) >= 11 is 7.43. The summed E-state index contributed by atoms with van der Waals surface area (Å²) in [6, 6.07) is 3.58. The number of ketones is 1. The van der Waals surface area contributed by atoms with E-state index in [1.165, 1.54) is 18.3 Å². The van der Waals surface area contributed by atoms with Gasteiger partial charge in [0, 0.05) is 18.7 Å². The molecule has 6 heteroatoms. The highest BCUT2D eigenvalue weighted by molar-refractivity contribution is 7.16. The average Bonchev–Trinajstić information content (AvgIpc) is 2.97. The maximum absolute atomic E-state index is 11.2. The Labute approximate surface area is 112 Å². The number of hydrogen-bond acceptors (Lipinski definition) is 5. The fourth-order valence-electron chi connectivity index (χ4n) is 1.66. The summed E-state index contributed by atoms with van der Waals surface area (Å²) in [5, 5.41) is 1.22. The van der Waals surface area contributed by atoms with E-state index in [0.717, 1.165) is 10.6 Å². The van der Waals surface area contributed by atoms with E-state index < -0.39 is 0 Å². The largest absolute Gasteiger partial charge is 0.454 e. The molecular formula is C12H8ClNO3S. The molecule has 3 rings (SSSR count). The first-order valence-corrected chi connectivity index (χ1v) is 6.41. The van der Waals surface area contributed by atoms with Crippen LogP contribution in [0.25, 0.3) is 10.6 Å². The van der Waals surface area contributed by atoms with Crippen LogP contribution in [-0.4, -0.2) is 17.6 Å². The zero-order chi connectivity index (χ0) is 12.7. The number of rotatable bonds is 2. The van der Waals surface area contributed by atoms with Crippen LogP contribution in [0.5, 0.6) is 11.5 Å². The summed E-state index contributed by atoms with van der Waals surface area (Å²) < 4.78 is 10.5. The van der Waals surface area contributed by atoms with Gasteiger partial charge in [-0.1, -0.05) is 11.6 Å². The number of carbonyl (C=O) groups is 1. The number of ether oxygens (including phenoxy) is 2. The summed E-state index contributed by atoms with van der Waals surface area (Å²) in [6.45, 7) is 1.69. The second kappa shape index (κ2) is 4.26. The van der Waals surface area contributed by atoms with Crippen LogP contribution in [0.2, 0.25) is 5.02 Å². The van der Waals surface area contributed by atoms with Crippen LogP contribution in [0.1, 0.15) is 16.6 Å². The summed E-state index contributed by atoms with van der Waals surface area (Å²) in [6.07, 6.45) is 1.57. The van der Waals surface area contributed by atoms with Crippen molar-refractivity contribution in [1.29, 1.82) is 0 Å². The average molecular weight is 282 g/mol. The molecule has 1 aliphatic rings. The molecule has 2 aromatic rings. The van der Waals surface area contributed by atoms with E-state index in [2.05, 4.69) is 4.98 Å². The number of Topliss-reactive ketones (excluding diaryl/α,β-unsaturated/α-hetero) is 1. The molecule has 0 atom stereocenters. The van der Waals surface area contributed by atoms with Crippen molar-refractivity contribution in [3.05, 3.63) is 28.2 Å². The number of fused-ring (bicyclic) bond motifs is 1. The Hall–Kier alpha value is -1.59. The lowest BCUT2D eigenvalue weighted by atomic mass is 10.2. The van der Waals surface area contributed by atoms with Gasteiger partial charge in [0.05, 0.1) is 9.90 Å². The first kappa shape index (κ1) is 11.5. The molecule has 0 unspecified atom stereocenters. The lowest BCUT2D eigenvalue weighted by Gasteiger charge is -2.02. The summed E-state index contributed by atoms with van der Waals surface area (Å²) in [7, 11) is 0. The van der Waals surface area contributed by atoms with Crippen molar-refractivity contribution in [3.63, 3.8) is 0 Å². The number of hydrogen-bond donors (Lipinski definition) is 0. The third-order valence-electron chi connectivity index (χ3n) is 2.53. The molecule has 4 nitrogen and oxygen atoms in total. The third kappa shape index (κ3) is 1.85. The molecule has 1 aromatic heterocycles. The Morgan fingerprint density at radius 3 is 3.00 bits per heavy atom. The van der Waals surface area contributed by atoms with Crippen LogP contribution in [0.4, 0.5) is 0 Å². The van der Waals surface area contributed by atoms with Gasteiger partial charge in [-0.05, 0) is 12.1 Å². The third-order valence-corrected chi connectivity index (χ3v) is 3.95. The predicted octanol–water partition coefficient (Wildman–Crippen LogP) is 3.39. The van der Waals surface area contributed by atoms with E-state index in [1.54, 1.807) is 12.3 Å². The van der Waals surface area contributed by atoms with Crippen molar-refractivity contribution in [2.45, 2.75) is 6.92 Å². The SMILES string of the molecule is CC(=O)c1cnc(-c2cc(Cl)c3c(c2)OCO3)s1. The number of aromatic nitrogens is 1. The van der Waals surface area contributed by atoms with Crippen LogP contribution in [0.3, 0.4) is 0 Å². The molecule has 0 radical (unpaired) electrons. The van der Waals surface area contributed by atoms with Crippen molar-refractivity contribution in [2.24, 2.45) is 0 Å². The zero-order valence-electron chi connectivity index (χ0n) is 9.40. The number of halogens is 1. The van der Waals surface area contributed by atoms with E-state index in [-0.39, 0.29) is 12.6 Å². The van der Waals surface area contributed by atoms with Gasteiger partial charge in [0.15, 0.2) is 17.3 Å². The molecule has 0 aliphatic carbocycles. The molecule has 0 bridgehead atoms. The van der Waals surface area contributed by atoms with Crippen molar-refractivity contribution in [2.75, 3.05) is 6.79 Å². The van der Waals surface area contributed by atoms with Gasteiger partial charge in [-0.25, -0.2) is 4.98 Å². The second-order valence-corrected chi connectivity index (χ2v) is 5.22. The maximum Gasteiger partial charge on any atom is 0.231 e. The standard InChI is InChI=1S/C12H8ClNO3S/c1-6(15)10-4-14-12(18-10)7-2-8(13)11-9(3-7)16-5-17-11/h2-4H,5H2,1H3. The lowest BCUT2D eigenvalue weighted by Crippen LogP contribution is -1.93. The quantitative estimate of drug-likeness (QED) is 0.792. The van der Waals surface area contributed by atoms with Gasteiger partial charge in [0.25, 0.3) is 0 Å². The molecule has 0 saturated carbocycles. The van der Waals surface area contributed by atoms with Gasteiger partial charge in [-0.15, -0.1) is 11.3 Å². The molecule has 0 N–H and O–H groups in total. The molecule has 18 heavy (non-hydrogen) atoms. The van der Waals surface area contributed by atoms with Gasteiger partial charge < -0.3 is 9.47 Å². The number of benzene rings is 1. The van der Waals surface area contributed by atoms with Gasteiger partial charge in [0.1, 0.15) is 5.01 Å². The van der Waals surface area contributed by atoms with E-state index >= 15 is 0 Å². The van der Waals surface area contributed by atoms with Crippen molar-refractivity contribution < 1.29 is 14.3 Å². The molecule has 92 valence electrons. The Balaban J connectivity index is 2.06. The summed E-state index contributed by atoms with van der Waals surface area (Å²) in [5.74, 6) is 1.17. The highest BCUT2D eigenvalue weighted by Crippen LogP contribution is 2.42. The van der Waals surface area contributed by atoms with Gasteiger partial charge in [-0.3, -0.25) is 4.79 Å². The maximum atomic E-state index is 11.2. The Kier molecular flexibility index (Phi) is 2.72. The Morgan fingerprint density at radius 2 is 2.28 bits per heavy atom. The van der Waals surface area contributed by atoms with Gasteiger partial charge in [-0.2, -0.15) is 0 Å². The second-order valence-electron chi connectivity index (χ2n) is 3.78. The molecule has 0 spiro atoms. The normalized spacial score (nSPS) is 12.8. The number of carbonyl (C=O) groups excluding carboxylic acids is 1. The first-order valence-electron chi connectivity index (χ1n) is 5.21. The fraction of sp³-hybridized carbons (Fsp3) is 0.167. The summed E-state index contributed by atoms with van der Waals surface area (Å²) in [4.78, 5) is 16.1. The first-order chi connectivity index (χ1) is 8.65. The highest BCUT2D eigenvalue weighted by atomic mass is 35.5. The van der Waals surface area contributed by atoms with Gasteiger partial charge >= 0.3 is 0 Å². The van der Waals surface area contributed by atoms with Gasteiger partial charge in [0.2, 0.25) is 6.79 Å². The van der Waals surface area contributed by atoms with E-state index in [9.17, 15) is 4.79 Å². The van der Waals surface area contributed by atoms with Crippen molar-refractivity contribution >= 4 is 28.7 Å². The van der Waals surface area contributed by atoms with Crippen LogP contribution in [0, 0.1) is 0 Å². The minimum Gasteiger partial charge on any atom is -0.454 e. The molecule has 0 amide bonds. The van der Waals surface area contributed by atoms with Crippen LogP contribution >= 0.6 is 22.9 Å². The van der Waals surface area contributed by atoms with Crippen LogP contribution in [0.15, 0.2) is 18.3 Å². The highest BCUT2D eigenvalue weighted by Gasteiger charge is 2.20. The predicted molar refractivity (Wildman–Crippen MR) is 68.7 cm³/mol. The molecule has 0 fully saturated rings. The molecule has 0 saturated heterocycles. The van der Waals surface area contributed by atoms with Crippen molar-refractivity contribution in [3.8, 4) is 22.1 Å². The molecule has 1 aromatic carbocycles. The number of nitrogens with zero attached hydrogens (tertiary/aromatic N) is 1. The van der Waals surface area contributed by atoms with Crippen LogP contribution < -0.4 is 9.47 Å². The number of thiazole rings is 1. The molecular weight excluding hydrogens is 274 g/mol. The minimum atomic E-state index is 0.00518. The fourth-order valence-corrected chi connectivity index (χ4v) is 2.72. The summed E-state index contributed by atoms with van der Waals surface area (Å²) in [5.41, 5.74) is 0.821. The van der Waals surface area contributed by atoms with E-state index in [1.807, 2.05) is 6.07 Å².